The van der Waals surface area contributed by atoms with E-state index in [1.807, 2.05) is 31.2 Å². The molecule has 0 aliphatic heterocycles. The van der Waals surface area contributed by atoms with E-state index in [0.29, 0.717) is 0 Å². The predicted molar refractivity (Wildman–Crippen MR) is 59.7 cm³/mol. The third-order valence-corrected chi connectivity index (χ3v) is 2.62. The van der Waals surface area contributed by atoms with Gasteiger partial charge in [0.25, 0.3) is 0 Å². The first-order valence-corrected chi connectivity index (χ1v) is 5.30. The second-order valence-electron chi connectivity index (χ2n) is 3.80. The van der Waals surface area contributed by atoms with Gasteiger partial charge in [-0.3, -0.25) is 4.68 Å². The molecule has 1 unspecified atom stereocenters. The molecule has 2 heterocycles. The number of hydrogen-bond acceptors (Lipinski definition) is 4. The van der Waals surface area contributed by atoms with Crippen LogP contribution in [0.2, 0.25) is 0 Å². The molecule has 0 aromatic carbocycles. The van der Waals surface area contributed by atoms with Crippen molar-refractivity contribution in [1.82, 2.24) is 30.5 Å². The minimum atomic E-state index is 0.235. The van der Waals surface area contributed by atoms with Crippen LogP contribution in [0.4, 0.5) is 0 Å². The Morgan fingerprint density at radius 3 is 2.94 bits per heavy atom. The van der Waals surface area contributed by atoms with E-state index in [2.05, 4.69) is 25.8 Å². The summed E-state index contributed by atoms with van der Waals surface area (Å²) in [6, 6.07) is 0.235. The third kappa shape index (κ3) is 2.46. The molecule has 2 rings (SSSR count). The Morgan fingerprint density at radius 1 is 1.50 bits per heavy atom. The molecule has 16 heavy (non-hydrogen) atoms. The van der Waals surface area contributed by atoms with E-state index in [0.717, 1.165) is 18.5 Å². The van der Waals surface area contributed by atoms with Crippen LogP contribution in [0.3, 0.4) is 0 Å². The van der Waals surface area contributed by atoms with E-state index in [9.17, 15) is 0 Å². The summed E-state index contributed by atoms with van der Waals surface area (Å²) in [4.78, 5) is 0. The van der Waals surface area contributed by atoms with Gasteiger partial charge >= 0.3 is 0 Å². The van der Waals surface area contributed by atoms with Gasteiger partial charge in [0.05, 0.1) is 24.1 Å². The zero-order valence-electron chi connectivity index (χ0n) is 9.51. The van der Waals surface area contributed by atoms with Crippen LogP contribution in [-0.4, -0.2) is 32.2 Å². The summed E-state index contributed by atoms with van der Waals surface area (Å²) in [5, 5.41) is 17.9. The Morgan fingerprint density at radius 2 is 2.38 bits per heavy atom. The summed E-state index contributed by atoms with van der Waals surface area (Å²) in [5.74, 6) is 0. The van der Waals surface area contributed by atoms with Gasteiger partial charge in [0.1, 0.15) is 0 Å². The SMILES string of the molecule is CNC(CCc1cnn(C)c1)c1cn[nH]n1. The predicted octanol–water partition coefficient (Wildman–Crippen LogP) is 0.431. The van der Waals surface area contributed by atoms with Crippen molar-refractivity contribution in [3.05, 3.63) is 29.8 Å². The van der Waals surface area contributed by atoms with Crippen LogP contribution in [0, 0.1) is 0 Å². The maximum Gasteiger partial charge on any atom is 0.0993 e. The van der Waals surface area contributed by atoms with Gasteiger partial charge in [-0.2, -0.15) is 20.5 Å². The maximum atomic E-state index is 4.15. The zero-order valence-corrected chi connectivity index (χ0v) is 9.51. The first kappa shape index (κ1) is 10.8. The molecule has 0 spiro atoms. The Labute approximate surface area is 94.1 Å². The molecule has 0 amide bonds. The maximum absolute atomic E-state index is 4.15. The number of aromatic nitrogens is 5. The van der Waals surface area contributed by atoms with E-state index < -0.39 is 0 Å². The molecular weight excluding hydrogens is 204 g/mol. The minimum Gasteiger partial charge on any atom is -0.312 e. The molecule has 0 saturated heterocycles. The second-order valence-corrected chi connectivity index (χ2v) is 3.80. The summed E-state index contributed by atoms with van der Waals surface area (Å²) in [5.41, 5.74) is 2.19. The molecule has 0 aliphatic carbocycles. The van der Waals surface area contributed by atoms with Gasteiger partial charge in [0.2, 0.25) is 0 Å². The number of nitrogens with zero attached hydrogens (tertiary/aromatic N) is 4. The molecule has 6 nitrogen and oxygen atoms in total. The lowest BCUT2D eigenvalue weighted by Gasteiger charge is -2.11. The molecule has 86 valence electrons. The molecule has 6 heteroatoms. The number of rotatable bonds is 5. The molecule has 0 fully saturated rings. The van der Waals surface area contributed by atoms with E-state index in [1.54, 1.807) is 6.20 Å². The number of H-pyrrole nitrogens is 1. The largest absolute Gasteiger partial charge is 0.312 e. The van der Waals surface area contributed by atoms with E-state index in [1.165, 1.54) is 5.56 Å². The van der Waals surface area contributed by atoms with Crippen molar-refractivity contribution in [3.63, 3.8) is 0 Å². The normalized spacial score (nSPS) is 12.9. The van der Waals surface area contributed by atoms with Gasteiger partial charge in [-0.1, -0.05) is 0 Å². The van der Waals surface area contributed by atoms with Crippen LogP contribution in [0.1, 0.15) is 23.7 Å². The Hall–Kier alpha value is -1.69. The van der Waals surface area contributed by atoms with Crippen molar-refractivity contribution < 1.29 is 0 Å². The summed E-state index contributed by atoms with van der Waals surface area (Å²) < 4.78 is 1.82. The van der Waals surface area contributed by atoms with Gasteiger partial charge in [-0.25, -0.2) is 0 Å². The van der Waals surface area contributed by atoms with Crippen LogP contribution >= 0.6 is 0 Å². The highest BCUT2D eigenvalue weighted by Crippen LogP contribution is 2.15. The average molecular weight is 220 g/mol. The standard InChI is InChI=1S/C10H16N6/c1-11-9(10-6-12-15-14-10)4-3-8-5-13-16(2)7-8/h5-7,9,11H,3-4H2,1-2H3,(H,12,14,15). The van der Waals surface area contributed by atoms with Gasteiger partial charge in [-0.15, -0.1) is 0 Å². The van der Waals surface area contributed by atoms with Crippen molar-refractivity contribution in [2.75, 3.05) is 7.05 Å². The van der Waals surface area contributed by atoms with Crippen molar-refractivity contribution in [1.29, 1.82) is 0 Å². The third-order valence-electron chi connectivity index (χ3n) is 2.62. The molecule has 0 saturated carbocycles. The number of aromatic amines is 1. The fraction of sp³-hybridized carbons (Fsp3) is 0.500. The quantitative estimate of drug-likeness (QED) is 0.766. The average Bonchev–Trinajstić information content (AvgIpc) is 2.91. The Bertz CT molecular complexity index is 418. The molecule has 0 radical (unpaired) electrons. The van der Waals surface area contributed by atoms with Gasteiger partial charge in [0.15, 0.2) is 0 Å². The highest BCUT2D eigenvalue weighted by atomic mass is 15.3. The Balaban J connectivity index is 1.93. The molecule has 2 N–H and O–H groups in total. The molecule has 1 atom stereocenters. The molecule has 0 bridgehead atoms. The lowest BCUT2D eigenvalue weighted by molar-refractivity contribution is 0.534. The van der Waals surface area contributed by atoms with Gasteiger partial charge < -0.3 is 5.32 Å². The van der Waals surface area contributed by atoms with E-state index in [-0.39, 0.29) is 6.04 Å². The van der Waals surface area contributed by atoms with Crippen LogP contribution < -0.4 is 5.32 Å². The van der Waals surface area contributed by atoms with Gasteiger partial charge in [-0.05, 0) is 25.5 Å². The highest BCUT2D eigenvalue weighted by Gasteiger charge is 2.12. The summed E-state index contributed by atoms with van der Waals surface area (Å²) >= 11 is 0. The van der Waals surface area contributed by atoms with Crippen LogP contribution in [0.25, 0.3) is 0 Å². The first-order chi connectivity index (χ1) is 7.79. The van der Waals surface area contributed by atoms with E-state index >= 15 is 0 Å². The number of nitrogens with one attached hydrogen (secondary N) is 2. The highest BCUT2D eigenvalue weighted by molar-refractivity contribution is 5.06. The Kier molecular flexibility index (Phi) is 3.31. The van der Waals surface area contributed by atoms with E-state index in [4.69, 9.17) is 0 Å². The molecule has 0 aliphatic rings. The molecule has 2 aromatic rings. The van der Waals surface area contributed by atoms with Crippen molar-refractivity contribution in [2.45, 2.75) is 18.9 Å². The number of aryl methyl sites for hydroxylation is 2. The minimum absolute atomic E-state index is 0.235. The van der Waals surface area contributed by atoms with Crippen molar-refractivity contribution >= 4 is 0 Å². The summed E-state index contributed by atoms with van der Waals surface area (Å²) in [6.07, 6.45) is 7.65. The lowest BCUT2D eigenvalue weighted by atomic mass is 10.1. The lowest BCUT2D eigenvalue weighted by Crippen LogP contribution is -2.17. The fourth-order valence-electron chi connectivity index (χ4n) is 1.73. The van der Waals surface area contributed by atoms with Crippen LogP contribution in [-0.2, 0) is 13.5 Å². The van der Waals surface area contributed by atoms with Crippen LogP contribution in [0.5, 0.6) is 0 Å². The monoisotopic (exact) mass is 220 g/mol. The molecular formula is C10H16N6. The first-order valence-electron chi connectivity index (χ1n) is 5.30. The smallest absolute Gasteiger partial charge is 0.0993 e. The summed E-state index contributed by atoms with van der Waals surface area (Å²) in [7, 11) is 3.86. The van der Waals surface area contributed by atoms with Crippen molar-refractivity contribution in [2.24, 2.45) is 7.05 Å². The van der Waals surface area contributed by atoms with Crippen molar-refractivity contribution in [3.8, 4) is 0 Å². The fourth-order valence-corrected chi connectivity index (χ4v) is 1.73. The summed E-state index contributed by atoms with van der Waals surface area (Å²) in [6.45, 7) is 0. The number of hydrogen-bond donors (Lipinski definition) is 2. The topological polar surface area (TPSA) is 71.4 Å². The van der Waals surface area contributed by atoms with Crippen LogP contribution in [0.15, 0.2) is 18.6 Å². The zero-order chi connectivity index (χ0) is 11.4. The van der Waals surface area contributed by atoms with Gasteiger partial charge in [0, 0.05) is 13.2 Å². The molecule has 2 aromatic heterocycles. The second kappa shape index (κ2) is 4.89.